The molecule has 1 aromatic heterocycles. The molecule has 2 aliphatic rings. The predicted octanol–water partition coefficient (Wildman–Crippen LogP) is 2.31. The molecule has 4 rings (SSSR count). The second-order valence-electron chi connectivity index (χ2n) is 7.21. The first-order valence-electron chi connectivity index (χ1n) is 9.33. The van der Waals surface area contributed by atoms with Crippen molar-refractivity contribution >= 4 is 22.9 Å². The highest BCUT2D eigenvalue weighted by molar-refractivity contribution is 7.17. The minimum atomic E-state index is 0.122. The van der Waals surface area contributed by atoms with Crippen molar-refractivity contribution in [3.8, 4) is 10.4 Å². The van der Waals surface area contributed by atoms with Crippen LogP contribution in [0.25, 0.3) is 10.4 Å². The molecular formula is C20H26N4OS. The van der Waals surface area contributed by atoms with E-state index in [2.05, 4.69) is 40.5 Å². The molecule has 2 aromatic rings. The van der Waals surface area contributed by atoms with Gasteiger partial charge in [0.1, 0.15) is 0 Å². The highest BCUT2D eigenvalue weighted by Gasteiger charge is 2.27. The molecule has 2 saturated heterocycles. The second kappa shape index (κ2) is 7.39. The minimum Gasteiger partial charge on any atom is -0.369 e. The quantitative estimate of drug-likeness (QED) is 0.870. The summed E-state index contributed by atoms with van der Waals surface area (Å²) in [5.41, 5.74) is 9.45. The number of hydrogen-bond donors (Lipinski definition) is 2. The van der Waals surface area contributed by atoms with Gasteiger partial charge < -0.3 is 20.9 Å². The van der Waals surface area contributed by atoms with Crippen LogP contribution in [-0.4, -0.2) is 56.1 Å². The Morgan fingerprint density at radius 1 is 1.19 bits per heavy atom. The Morgan fingerprint density at radius 3 is 2.58 bits per heavy atom. The molecule has 2 aliphatic heterocycles. The Balaban J connectivity index is 1.52. The normalized spacial score (nSPS) is 20.6. The van der Waals surface area contributed by atoms with Gasteiger partial charge in [-0.15, -0.1) is 11.3 Å². The molecule has 138 valence electrons. The number of nitrogens with one attached hydrogen (secondary N) is 1. The van der Waals surface area contributed by atoms with Crippen molar-refractivity contribution in [1.29, 1.82) is 0 Å². The summed E-state index contributed by atoms with van der Waals surface area (Å²) in [7, 11) is 0. The van der Waals surface area contributed by atoms with E-state index >= 15 is 0 Å². The zero-order valence-corrected chi connectivity index (χ0v) is 16.0. The number of nitrogens with zero attached hydrogens (tertiary/aromatic N) is 2. The fourth-order valence-corrected chi connectivity index (χ4v) is 4.86. The number of amides is 1. The van der Waals surface area contributed by atoms with Gasteiger partial charge in [0.2, 0.25) is 0 Å². The maximum atomic E-state index is 12.8. The highest BCUT2D eigenvalue weighted by Crippen LogP contribution is 2.33. The van der Waals surface area contributed by atoms with Crippen molar-refractivity contribution in [2.45, 2.75) is 19.4 Å². The Hall–Kier alpha value is -1.89. The van der Waals surface area contributed by atoms with E-state index in [4.69, 9.17) is 5.73 Å². The van der Waals surface area contributed by atoms with E-state index in [1.54, 1.807) is 11.3 Å². The summed E-state index contributed by atoms with van der Waals surface area (Å²) in [6, 6.07) is 11.0. The molecule has 26 heavy (non-hydrogen) atoms. The number of carbonyl (C=O) groups excluding carboxylic acids is 1. The molecule has 0 radical (unpaired) electrons. The van der Waals surface area contributed by atoms with Gasteiger partial charge in [-0.3, -0.25) is 4.79 Å². The van der Waals surface area contributed by atoms with E-state index in [1.807, 2.05) is 11.8 Å². The van der Waals surface area contributed by atoms with Crippen LogP contribution >= 0.6 is 11.3 Å². The van der Waals surface area contributed by atoms with Gasteiger partial charge in [-0.05, 0) is 42.7 Å². The van der Waals surface area contributed by atoms with Crippen LogP contribution < -0.4 is 16.0 Å². The molecule has 0 bridgehead atoms. The first kappa shape index (κ1) is 17.5. The SMILES string of the molecule is Cc1cc(-c2ccc(N3CCNCC3)cc2)sc1C(=O)N1CC[C@H](N)C1. The summed E-state index contributed by atoms with van der Waals surface area (Å²) in [5, 5.41) is 3.38. The van der Waals surface area contributed by atoms with E-state index < -0.39 is 0 Å². The average Bonchev–Trinajstić information content (AvgIpc) is 3.28. The van der Waals surface area contributed by atoms with Crippen LogP contribution in [0.4, 0.5) is 5.69 Å². The first-order valence-corrected chi connectivity index (χ1v) is 10.1. The lowest BCUT2D eigenvalue weighted by molar-refractivity contribution is 0.0795. The summed E-state index contributed by atoms with van der Waals surface area (Å²) >= 11 is 1.59. The zero-order valence-electron chi connectivity index (χ0n) is 15.2. The smallest absolute Gasteiger partial charge is 0.264 e. The Kier molecular flexibility index (Phi) is 4.98. The lowest BCUT2D eigenvalue weighted by Crippen LogP contribution is -2.43. The molecule has 1 atom stereocenters. The number of thiophene rings is 1. The summed E-state index contributed by atoms with van der Waals surface area (Å²) < 4.78 is 0. The standard InChI is InChI=1S/C20H26N4OS/c1-14-12-18(26-19(14)20(25)24-9-6-16(21)13-24)15-2-4-17(5-3-15)23-10-7-22-8-11-23/h2-5,12,16,22H,6-11,13,21H2,1H3/t16-/m0/s1. The third-order valence-corrected chi connectivity index (χ3v) is 6.53. The number of anilines is 1. The van der Waals surface area contributed by atoms with E-state index in [0.29, 0.717) is 6.54 Å². The molecule has 0 unspecified atom stereocenters. The Bertz CT molecular complexity index is 780. The molecule has 1 amide bonds. The summed E-state index contributed by atoms with van der Waals surface area (Å²) in [6.07, 6.45) is 0.899. The lowest BCUT2D eigenvalue weighted by Gasteiger charge is -2.29. The molecule has 0 spiro atoms. The maximum Gasteiger partial charge on any atom is 0.264 e. The van der Waals surface area contributed by atoms with E-state index in [9.17, 15) is 4.79 Å². The predicted molar refractivity (Wildman–Crippen MR) is 108 cm³/mol. The Morgan fingerprint density at radius 2 is 1.92 bits per heavy atom. The number of nitrogens with two attached hydrogens (primary N) is 1. The fraction of sp³-hybridized carbons (Fsp3) is 0.450. The van der Waals surface area contributed by atoms with Crippen LogP contribution in [0.3, 0.4) is 0 Å². The van der Waals surface area contributed by atoms with Gasteiger partial charge in [0.25, 0.3) is 5.91 Å². The summed E-state index contributed by atoms with van der Waals surface area (Å²) in [4.78, 5) is 19.1. The molecule has 5 nitrogen and oxygen atoms in total. The van der Waals surface area contributed by atoms with Gasteiger partial charge in [-0.25, -0.2) is 0 Å². The number of likely N-dealkylation sites (tertiary alicyclic amines) is 1. The van der Waals surface area contributed by atoms with Crippen LogP contribution in [0.2, 0.25) is 0 Å². The number of hydrogen-bond acceptors (Lipinski definition) is 5. The second-order valence-corrected chi connectivity index (χ2v) is 8.26. The van der Waals surface area contributed by atoms with Crippen LogP contribution in [0.5, 0.6) is 0 Å². The Labute approximate surface area is 158 Å². The number of aryl methyl sites for hydroxylation is 1. The zero-order chi connectivity index (χ0) is 18.1. The summed E-state index contributed by atoms with van der Waals surface area (Å²) in [5.74, 6) is 0.129. The van der Waals surface area contributed by atoms with Crippen LogP contribution in [0.1, 0.15) is 21.7 Å². The minimum absolute atomic E-state index is 0.122. The third-order valence-electron chi connectivity index (χ3n) is 5.26. The van der Waals surface area contributed by atoms with Crippen molar-refractivity contribution < 1.29 is 4.79 Å². The van der Waals surface area contributed by atoms with Crippen LogP contribution in [0.15, 0.2) is 30.3 Å². The van der Waals surface area contributed by atoms with Crippen LogP contribution in [-0.2, 0) is 0 Å². The molecule has 3 heterocycles. The van der Waals surface area contributed by atoms with Crippen molar-refractivity contribution in [1.82, 2.24) is 10.2 Å². The van der Waals surface area contributed by atoms with Gasteiger partial charge in [0, 0.05) is 55.9 Å². The molecule has 3 N–H and O–H groups in total. The van der Waals surface area contributed by atoms with E-state index in [1.165, 1.54) is 11.3 Å². The first-order chi connectivity index (χ1) is 12.6. The molecular weight excluding hydrogens is 344 g/mol. The number of benzene rings is 1. The van der Waals surface area contributed by atoms with Gasteiger partial charge in [0.05, 0.1) is 4.88 Å². The molecule has 0 aliphatic carbocycles. The van der Waals surface area contributed by atoms with E-state index in [-0.39, 0.29) is 11.9 Å². The van der Waals surface area contributed by atoms with Crippen molar-refractivity contribution in [2.24, 2.45) is 5.73 Å². The van der Waals surface area contributed by atoms with E-state index in [0.717, 1.165) is 54.5 Å². The lowest BCUT2D eigenvalue weighted by atomic mass is 10.1. The maximum absolute atomic E-state index is 12.8. The largest absolute Gasteiger partial charge is 0.369 e. The summed E-state index contributed by atoms with van der Waals surface area (Å²) in [6.45, 7) is 7.65. The molecule has 6 heteroatoms. The van der Waals surface area contributed by atoms with Gasteiger partial charge in [-0.2, -0.15) is 0 Å². The van der Waals surface area contributed by atoms with Gasteiger partial charge in [-0.1, -0.05) is 12.1 Å². The molecule has 2 fully saturated rings. The topological polar surface area (TPSA) is 61.6 Å². The highest BCUT2D eigenvalue weighted by atomic mass is 32.1. The van der Waals surface area contributed by atoms with Gasteiger partial charge >= 0.3 is 0 Å². The number of rotatable bonds is 3. The fourth-order valence-electron chi connectivity index (χ4n) is 3.71. The monoisotopic (exact) mass is 370 g/mol. The van der Waals surface area contributed by atoms with Crippen molar-refractivity contribution in [3.05, 3.63) is 40.8 Å². The van der Waals surface area contributed by atoms with Crippen molar-refractivity contribution in [2.75, 3.05) is 44.2 Å². The third kappa shape index (κ3) is 3.49. The number of piperazine rings is 1. The number of carbonyl (C=O) groups is 1. The average molecular weight is 371 g/mol. The van der Waals surface area contributed by atoms with Crippen LogP contribution in [0, 0.1) is 6.92 Å². The van der Waals surface area contributed by atoms with Crippen molar-refractivity contribution in [3.63, 3.8) is 0 Å². The molecule has 0 saturated carbocycles. The molecule has 1 aromatic carbocycles. The van der Waals surface area contributed by atoms with Gasteiger partial charge in [0.15, 0.2) is 0 Å².